The number of phenolic OH excluding ortho intramolecular Hbond substituents is 1. The van der Waals surface area contributed by atoms with Crippen LogP contribution >= 0.6 is 7.60 Å². The smallest absolute Gasteiger partial charge is 0.371 e. The van der Waals surface area contributed by atoms with E-state index in [1.807, 2.05) is 6.07 Å². The molecule has 0 saturated carbocycles. The molecule has 0 fully saturated rings. The molecule has 21 heavy (non-hydrogen) atoms. The van der Waals surface area contributed by atoms with Gasteiger partial charge >= 0.3 is 7.60 Å². The summed E-state index contributed by atoms with van der Waals surface area (Å²) < 4.78 is 27.8. The zero-order valence-electron chi connectivity index (χ0n) is 12.2. The number of nitrogens with zero attached hydrogens (tertiary/aromatic N) is 1. The molecule has 114 valence electrons. The van der Waals surface area contributed by atoms with E-state index in [0.717, 1.165) is 0 Å². The zero-order chi connectivity index (χ0) is 15.9. The van der Waals surface area contributed by atoms with E-state index in [2.05, 4.69) is 0 Å². The van der Waals surface area contributed by atoms with Gasteiger partial charge in [0.2, 0.25) is 0 Å². The Labute approximate surface area is 124 Å². The van der Waals surface area contributed by atoms with Gasteiger partial charge in [0.05, 0.1) is 20.3 Å². The summed E-state index contributed by atoms with van der Waals surface area (Å²) in [7, 11) is -2.22. The largest absolute Gasteiger partial charge is 0.504 e. The number of methoxy groups -OCH3 is 1. The van der Waals surface area contributed by atoms with E-state index in [1.54, 1.807) is 19.9 Å². The van der Waals surface area contributed by atoms with Crippen molar-refractivity contribution in [3.63, 3.8) is 0 Å². The molecule has 1 rings (SSSR count). The lowest BCUT2D eigenvalue weighted by Crippen LogP contribution is -1.98. The molecule has 0 aliphatic heterocycles. The Morgan fingerprint density at radius 2 is 2.00 bits per heavy atom. The van der Waals surface area contributed by atoms with Crippen molar-refractivity contribution in [3.05, 3.63) is 29.1 Å². The first-order chi connectivity index (χ1) is 10.0. The fraction of sp³-hybridized carbons (Fsp3) is 0.357. The Bertz CT molecular complexity index is 596. The van der Waals surface area contributed by atoms with Crippen LogP contribution in [0.5, 0.6) is 11.5 Å². The van der Waals surface area contributed by atoms with Crippen molar-refractivity contribution in [3.8, 4) is 17.6 Å². The van der Waals surface area contributed by atoms with E-state index >= 15 is 0 Å². The second-order valence-corrected chi connectivity index (χ2v) is 5.90. The van der Waals surface area contributed by atoms with Crippen molar-refractivity contribution in [2.75, 3.05) is 20.3 Å². The van der Waals surface area contributed by atoms with Gasteiger partial charge in [0.15, 0.2) is 11.5 Å². The van der Waals surface area contributed by atoms with E-state index in [-0.39, 0.29) is 30.0 Å². The van der Waals surface area contributed by atoms with Gasteiger partial charge in [-0.15, -0.1) is 0 Å². The predicted molar refractivity (Wildman–Crippen MR) is 79.1 cm³/mol. The lowest BCUT2D eigenvalue weighted by atomic mass is 10.2. The predicted octanol–water partition coefficient (Wildman–Crippen LogP) is 3.53. The molecule has 1 aromatic rings. The molecule has 0 amide bonds. The number of allylic oxidation sites excluding steroid dienone is 1. The molecule has 0 heterocycles. The van der Waals surface area contributed by atoms with E-state index in [4.69, 9.17) is 13.8 Å². The molecule has 1 aromatic carbocycles. The van der Waals surface area contributed by atoms with Crippen molar-refractivity contribution in [2.24, 2.45) is 0 Å². The molecule has 1 N–H and O–H groups in total. The minimum atomic E-state index is -3.63. The summed E-state index contributed by atoms with van der Waals surface area (Å²) in [5.41, 5.74) is 0.542. The van der Waals surface area contributed by atoms with E-state index < -0.39 is 7.60 Å². The van der Waals surface area contributed by atoms with Gasteiger partial charge in [-0.1, -0.05) is 6.07 Å². The van der Waals surface area contributed by atoms with Crippen LogP contribution in [0.2, 0.25) is 0 Å². The van der Waals surface area contributed by atoms with Crippen LogP contribution in [0.4, 0.5) is 0 Å². The number of rotatable bonds is 7. The molecule has 7 heteroatoms. The Balaban J connectivity index is 3.25. The second kappa shape index (κ2) is 7.84. The lowest BCUT2D eigenvalue weighted by molar-refractivity contribution is 0.227. The summed E-state index contributed by atoms with van der Waals surface area (Å²) in [6, 6.07) is 6.37. The molecular formula is C14H18NO5P. The second-order valence-electron chi connectivity index (χ2n) is 3.91. The Hall–Kier alpha value is -1.80. The van der Waals surface area contributed by atoms with Crippen LogP contribution in [0.3, 0.4) is 0 Å². The van der Waals surface area contributed by atoms with E-state index in [9.17, 15) is 14.9 Å². The number of nitriles is 1. The molecule has 0 radical (unpaired) electrons. The van der Waals surface area contributed by atoms with Crippen LogP contribution < -0.4 is 4.74 Å². The standard InChI is InChI=1S/C14H18NO5P/c1-4-19-21(17,20-5-2)12(10-15)8-11-6-7-13(16)14(9-11)18-3/h6-9,16H,4-5H2,1-3H3/b12-8-. The SMILES string of the molecule is CCOP(=O)(OCC)/C(C#N)=C\c1ccc(O)c(OC)c1. The highest BCUT2D eigenvalue weighted by atomic mass is 31.2. The highest BCUT2D eigenvalue weighted by Crippen LogP contribution is 2.56. The number of benzene rings is 1. The van der Waals surface area contributed by atoms with Crippen molar-refractivity contribution >= 4 is 13.7 Å². The van der Waals surface area contributed by atoms with Crippen molar-refractivity contribution in [2.45, 2.75) is 13.8 Å². The Kier molecular flexibility index (Phi) is 6.44. The minimum absolute atomic E-state index is 0.0223. The maximum Gasteiger partial charge on any atom is 0.371 e. The van der Waals surface area contributed by atoms with E-state index in [1.165, 1.54) is 25.3 Å². The highest BCUT2D eigenvalue weighted by Gasteiger charge is 2.29. The lowest BCUT2D eigenvalue weighted by Gasteiger charge is -2.15. The van der Waals surface area contributed by atoms with Gasteiger partial charge in [0.1, 0.15) is 11.4 Å². The maximum absolute atomic E-state index is 12.6. The fourth-order valence-electron chi connectivity index (χ4n) is 1.63. The van der Waals surface area contributed by atoms with Crippen LogP contribution in [-0.2, 0) is 13.6 Å². The molecule has 0 aromatic heterocycles. The van der Waals surface area contributed by atoms with Crippen molar-refractivity contribution in [1.29, 1.82) is 5.26 Å². The molecule has 0 atom stereocenters. The van der Waals surface area contributed by atoms with Gasteiger partial charge in [-0.2, -0.15) is 5.26 Å². The van der Waals surface area contributed by atoms with Gasteiger partial charge < -0.3 is 18.9 Å². The van der Waals surface area contributed by atoms with Crippen LogP contribution in [-0.4, -0.2) is 25.4 Å². The van der Waals surface area contributed by atoms with Crippen LogP contribution in [0.25, 0.3) is 6.08 Å². The third kappa shape index (κ3) is 4.33. The van der Waals surface area contributed by atoms with Gasteiger partial charge in [-0.25, -0.2) is 0 Å². The average molecular weight is 311 g/mol. The normalized spacial score (nSPS) is 12.0. The average Bonchev–Trinajstić information content (AvgIpc) is 2.46. The summed E-state index contributed by atoms with van der Waals surface area (Å²) in [5, 5.41) is 18.7. The van der Waals surface area contributed by atoms with Crippen LogP contribution in [0, 0.1) is 11.3 Å². The van der Waals surface area contributed by atoms with Gasteiger partial charge in [-0.05, 0) is 37.6 Å². The summed E-state index contributed by atoms with van der Waals surface area (Å²) >= 11 is 0. The number of aromatic hydroxyl groups is 1. The maximum atomic E-state index is 12.6. The van der Waals surface area contributed by atoms with Gasteiger partial charge in [0, 0.05) is 0 Å². The number of hydrogen-bond acceptors (Lipinski definition) is 6. The first kappa shape index (κ1) is 17.3. The molecule has 0 saturated heterocycles. The number of hydrogen-bond donors (Lipinski definition) is 1. The summed E-state index contributed by atoms with van der Waals surface area (Å²) in [6.45, 7) is 3.67. The minimum Gasteiger partial charge on any atom is -0.504 e. The monoisotopic (exact) mass is 311 g/mol. The van der Waals surface area contributed by atoms with Crippen molar-refractivity contribution < 1.29 is 23.5 Å². The first-order valence-electron chi connectivity index (χ1n) is 6.39. The molecule has 0 spiro atoms. The molecular weight excluding hydrogens is 293 g/mol. The molecule has 6 nitrogen and oxygen atoms in total. The number of ether oxygens (including phenoxy) is 1. The van der Waals surface area contributed by atoms with E-state index in [0.29, 0.717) is 5.56 Å². The van der Waals surface area contributed by atoms with Gasteiger partial charge in [-0.3, -0.25) is 4.57 Å². The first-order valence-corrected chi connectivity index (χ1v) is 7.93. The van der Waals surface area contributed by atoms with Crippen molar-refractivity contribution in [1.82, 2.24) is 0 Å². The third-order valence-electron chi connectivity index (χ3n) is 2.51. The highest BCUT2D eigenvalue weighted by molar-refractivity contribution is 7.59. The fourth-order valence-corrected chi connectivity index (χ4v) is 3.09. The van der Waals surface area contributed by atoms with Crippen LogP contribution in [0.1, 0.15) is 19.4 Å². The molecule has 0 unspecified atom stereocenters. The molecule has 0 aliphatic rings. The molecule has 0 aliphatic carbocycles. The van der Waals surface area contributed by atoms with Gasteiger partial charge in [0.25, 0.3) is 0 Å². The third-order valence-corrected chi connectivity index (χ3v) is 4.53. The molecule has 0 bridgehead atoms. The topological polar surface area (TPSA) is 88.8 Å². The Morgan fingerprint density at radius 1 is 1.38 bits per heavy atom. The summed E-state index contributed by atoms with van der Waals surface area (Å²) in [5.74, 6) is 0.231. The number of phenols is 1. The summed E-state index contributed by atoms with van der Waals surface area (Å²) in [6.07, 6.45) is 1.40. The summed E-state index contributed by atoms with van der Waals surface area (Å²) in [4.78, 5) is 0. The Morgan fingerprint density at radius 3 is 2.48 bits per heavy atom. The zero-order valence-corrected chi connectivity index (χ0v) is 13.1. The quantitative estimate of drug-likeness (QED) is 0.612. The van der Waals surface area contributed by atoms with Crippen LogP contribution in [0.15, 0.2) is 23.5 Å².